The SMILES string of the molecule is CCC1(CO)COC(CCC2(CCF)OCC(CC)(CO)CO2)OC1. The van der Waals surface area contributed by atoms with E-state index in [1.165, 1.54) is 0 Å². The van der Waals surface area contributed by atoms with Crippen molar-refractivity contribution in [2.75, 3.05) is 46.3 Å². The van der Waals surface area contributed by atoms with E-state index in [-0.39, 0.29) is 25.0 Å². The summed E-state index contributed by atoms with van der Waals surface area (Å²) in [5.41, 5.74) is -0.730. The predicted molar refractivity (Wildman–Crippen MR) is 89.8 cm³/mol. The molecule has 2 aliphatic rings. The second-order valence-corrected chi connectivity index (χ2v) is 7.54. The maximum atomic E-state index is 13.0. The number of halogens is 1. The molecule has 2 heterocycles. The Labute approximate surface area is 149 Å². The lowest BCUT2D eigenvalue weighted by molar-refractivity contribution is -0.322. The van der Waals surface area contributed by atoms with Gasteiger partial charge >= 0.3 is 0 Å². The van der Waals surface area contributed by atoms with Crippen LogP contribution in [0.5, 0.6) is 0 Å². The second kappa shape index (κ2) is 9.06. The fourth-order valence-electron chi connectivity index (χ4n) is 3.16. The van der Waals surface area contributed by atoms with Gasteiger partial charge in [-0.05, 0) is 12.8 Å². The maximum Gasteiger partial charge on any atom is 0.171 e. The van der Waals surface area contributed by atoms with Crippen molar-refractivity contribution in [1.82, 2.24) is 0 Å². The van der Waals surface area contributed by atoms with E-state index in [1.807, 2.05) is 13.8 Å². The van der Waals surface area contributed by atoms with E-state index in [0.717, 1.165) is 12.8 Å². The summed E-state index contributed by atoms with van der Waals surface area (Å²) in [6, 6.07) is 0. The first-order valence-corrected chi connectivity index (χ1v) is 9.29. The van der Waals surface area contributed by atoms with Crippen LogP contribution in [0.4, 0.5) is 4.39 Å². The maximum absolute atomic E-state index is 13.0. The van der Waals surface area contributed by atoms with Crippen molar-refractivity contribution in [3.05, 3.63) is 0 Å². The molecule has 0 aromatic carbocycles. The first-order chi connectivity index (χ1) is 12.0. The van der Waals surface area contributed by atoms with Gasteiger partial charge in [-0.1, -0.05) is 13.8 Å². The first-order valence-electron chi connectivity index (χ1n) is 9.29. The highest BCUT2D eigenvalue weighted by Crippen LogP contribution is 2.38. The molecule has 25 heavy (non-hydrogen) atoms. The molecule has 7 heteroatoms. The van der Waals surface area contributed by atoms with Gasteiger partial charge in [-0.3, -0.25) is 4.39 Å². The molecule has 2 fully saturated rings. The third-order valence-electron chi connectivity index (χ3n) is 5.84. The van der Waals surface area contributed by atoms with Crippen LogP contribution in [-0.2, 0) is 18.9 Å². The Morgan fingerprint density at radius 1 is 0.880 bits per heavy atom. The summed E-state index contributed by atoms with van der Waals surface area (Å²) >= 11 is 0. The van der Waals surface area contributed by atoms with Crippen molar-refractivity contribution >= 4 is 0 Å². The fraction of sp³-hybridized carbons (Fsp3) is 1.00. The summed E-state index contributed by atoms with van der Waals surface area (Å²) in [4.78, 5) is 0. The van der Waals surface area contributed by atoms with Crippen LogP contribution in [0, 0.1) is 10.8 Å². The summed E-state index contributed by atoms with van der Waals surface area (Å²) in [5.74, 6) is -0.981. The molecule has 2 saturated heterocycles. The van der Waals surface area contributed by atoms with Gasteiger partial charge in [0.15, 0.2) is 12.1 Å². The third kappa shape index (κ3) is 4.90. The predicted octanol–water partition coefficient (Wildman–Crippen LogP) is 2.02. The molecule has 0 aromatic heterocycles. The molecule has 0 spiro atoms. The molecular weight excluding hydrogens is 331 g/mol. The second-order valence-electron chi connectivity index (χ2n) is 7.54. The number of alkyl halides is 1. The highest BCUT2D eigenvalue weighted by Gasteiger charge is 2.44. The summed E-state index contributed by atoms with van der Waals surface area (Å²) in [7, 11) is 0. The molecule has 0 bridgehead atoms. The fourth-order valence-corrected chi connectivity index (χ4v) is 3.16. The minimum atomic E-state index is -0.981. The Hall–Kier alpha value is -0.310. The van der Waals surface area contributed by atoms with E-state index in [0.29, 0.717) is 39.3 Å². The Morgan fingerprint density at radius 2 is 1.40 bits per heavy atom. The van der Waals surface area contributed by atoms with Gasteiger partial charge in [0.25, 0.3) is 0 Å². The zero-order valence-corrected chi connectivity index (χ0v) is 15.5. The lowest BCUT2D eigenvalue weighted by atomic mass is 9.86. The standard InChI is InChI=1S/C18H33FO6/c1-3-16(9-20)11-22-15(23-12-16)5-6-18(7-8-19)24-13-17(4-2,10-21)14-25-18/h15,20-21H,3-14H2,1-2H3. The molecule has 0 aromatic rings. The van der Waals surface area contributed by atoms with Crippen molar-refractivity contribution in [3.8, 4) is 0 Å². The van der Waals surface area contributed by atoms with Gasteiger partial charge in [-0.25, -0.2) is 0 Å². The zero-order chi connectivity index (χ0) is 18.4. The number of ether oxygens (including phenoxy) is 4. The van der Waals surface area contributed by atoms with Crippen molar-refractivity contribution in [2.24, 2.45) is 10.8 Å². The van der Waals surface area contributed by atoms with Crippen molar-refractivity contribution in [2.45, 2.75) is 58.0 Å². The van der Waals surface area contributed by atoms with Gasteiger partial charge in [0.05, 0.1) is 46.3 Å². The molecule has 0 atom stereocenters. The van der Waals surface area contributed by atoms with Crippen LogP contribution < -0.4 is 0 Å². The van der Waals surface area contributed by atoms with Crippen LogP contribution in [0.3, 0.4) is 0 Å². The average molecular weight is 364 g/mol. The Morgan fingerprint density at radius 3 is 1.84 bits per heavy atom. The minimum absolute atomic E-state index is 0.00961. The summed E-state index contributed by atoms with van der Waals surface area (Å²) in [5, 5.41) is 19.1. The topological polar surface area (TPSA) is 77.4 Å². The molecule has 148 valence electrons. The summed E-state index contributed by atoms with van der Waals surface area (Å²) in [6.07, 6.45) is 2.28. The molecule has 0 amide bonds. The van der Waals surface area contributed by atoms with Crippen LogP contribution >= 0.6 is 0 Å². The highest BCUT2D eigenvalue weighted by molar-refractivity contribution is 4.86. The number of hydrogen-bond donors (Lipinski definition) is 2. The van der Waals surface area contributed by atoms with E-state index in [1.54, 1.807) is 0 Å². The van der Waals surface area contributed by atoms with Crippen molar-refractivity contribution in [3.63, 3.8) is 0 Å². The number of aliphatic hydroxyl groups is 2. The molecule has 2 aliphatic heterocycles. The molecule has 2 N–H and O–H groups in total. The van der Waals surface area contributed by atoms with Gasteiger partial charge in [0.2, 0.25) is 0 Å². The van der Waals surface area contributed by atoms with Gasteiger partial charge in [-0.2, -0.15) is 0 Å². The monoisotopic (exact) mass is 364 g/mol. The Balaban J connectivity index is 1.87. The van der Waals surface area contributed by atoms with Crippen LogP contribution in [0.15, 0.2) is 0 Å². The lowest BCUT2D eigenvalue weighted by Crippen LogP contribution is -2.52. The van der Waals surface area contributed by atoms with Gasteiger partial charge in [-0.15, -0.1) is 0 Å². The average Bonchev–Trinajstić information content (AvgIpc) is 2.68. The first kappa shape index (κ1) is 21.0. The summed E-state index contributed by atoms with van der Waals surface area (Å²) < 4.78 is 36.3. The largest absolute Gasteiger partial charge is 0.396 e. The zero-order valence-electron chi connectivity index (χ0n) is 15.5. The lowest BCUT2D eigenvalue weighted by Gasteiger charge is -2.46. The van der Waals surface area contributed by atoms with Gasteiger partial charge in [0, 0.05) is 30.1 Å². The van der Waals surface area contributed by atoms with E-state index < -0.39 is 24.2 Å². The van der Waals surface area contributed by atoms with Crippen molar-refractivity contribution < 1.29 is 33.6 Å². The highest BCUT2D eigenvalue weighted by atomic mass is 19.1. The third-order valence-corrected chi connectivity index (χ3v) is 5.84. The number of rotatable bonds is 9. The van der Waals surface area contributed by atoms with Crippen LogP contribution in [0.2, 0.25) is 0 Å². The van der Waals surface area contributed by atoms with E-state index in [9.17, 15) is 14.6 Å². The summed E-state index contributed by atoms with van der Waals surface area (Å²) in [6.45, 7) is 5.09. The Bertz CT molecular complexity index is 377. The van der Waals surface area contributed by atoms with Gasteiger partial charge < -0.3 is 29.2 Å². The molecule has 0 radical (unpaired) electrons. The van der Waals surface area contributed by atoms with E-state index >= 15 is 0 Å². The minimum Gasteiger partial charge on any atom is -0.396 e. The molecule has 0 aliphatic carbocycles. The van der Waals surface area contributed by atoms with E-state index in [2.05, 4.69) is 0 Å². The normalized spacial score (nSPS) is 39.5. The molecule has 0 unspecified atom stereocenters. The quantitative estimate of drug-likeness (QED) is 0.652. The van der Waals surface area contributed by atoms with Crippen LogP contribution in [0.1, 0.15) is 46.0 Å². The smallest absolute Gasteiger partial charge is 0.171 e. The van der Waals surface area contributed by atoms with Crippen molar-refractivity contribution in [1.29, 1.82) is 0 Å². The number of aliphatic hydroxyl groups excluding tert-OH is 2. The molecule has 0 saturated carbocycles. The van der Waals surface area contributed by atoms with Crippen LogP contribution in [-0.4, -0.2) is 68.6 Å². The van der Waals surface area contributed by atoms with Crippen LogP contribution in [0.25, 0.3) is 0 Å². The molecular formula is C18H33FO6. The molecule has 2 rings (SSSR count). The van der Waals surface area contributed by atoms with E-state index in [4.69, 9.17) is 18.9 Å². The Kier molecular flexibility index (Phi) is 7.61. The molecule has 6 nitrogen and oxygen atoms in total. The number of hydrogen-bond acceptors (Lipinski definition) is 6. The van der Waals surface area contributed by atoms with Gasteiger partial charge in [0.1, 0.15) is 0 Å².